The van der Waals surface area contributed by atoms with Crippen molar-refractivity contribution in [2.24, 2.45) is 7.05 Å². The summed E-state index contributed by atoms with van der Waals surface area (Å²) in [5, 5.41) is 8.96. The Morgan fingerprint density at radius 1 is 0.933 bits per heavy atom. The van der Waals surface area contributed by atoms with Crippen LogP contribution in [0.4, 0.5) is 14.5 Å². The van der Waals surface area contributed by atoms with E-state index in [1.807, 2.05) is 11.9 Å². The number of halogens is 2. The van der Waals surface area contributed by atoms with Crippen LogP contribution in [0, 0.1) is 11.6 Å². The molecule has 1 fully saturated rings. The molecule has 30 heavy (non-hydrogen) atoms. The molecule has 156 valence electrons. The number of carbonyl (C=O) groups excluding carboxylic acids is 1. The topological polar surface area (TPSA) is 54.3 Å². The summed E-state index contributed by atoms with van der Waals surface area (Å²) in [6.07, 6.45) is 0. The number of thioether (sulfide) groups is 1. The van der Waals surface area contributed by atoms with Gasteiger partial charge >= 0.3 is 0 Å². The van der Waals surface area contributed by atoms with E-state index in [0.29, 0.717) is 37.2 Å². The molecule has 1 saturated heterocycles. The maximum Gasteiger partial charge on any atom is 0.233 e. The van der Waals surface area contributed by atoms with Crippen LogP contribution in [-0.4, -0.2) is 57.5 Å². The lowest BCUT2D eigenvalue weighted by molar-refractivity contribution is -0.128. The summed E-state index contributed by atoms with van der Waals surface area (Å²) in [5.74, 6) is 0.380. The molecule has 6 nitrogen and oxygen atoms in total. The molecule has 9 heteroatoms. The van der Waals surface area contributed by atoms with Crippen LogP contribution < -0.4 is 4.90 Å². The van der Waals surface area contributed by atoms with E-state index in [4.69, 9.17) is 0 Å². The number of piperazine rings is 1. The largest absolute Gasteiger partial charge is 0.368 e. The summed E-state index contributed by atoms with van der Waals surface area (Å²) in [6.45, 7) is 2.66. The second-order valence-electron chi connectivity index (χ2n) is 7.01. The van der Waals surface area contributed by atoms with Gasteiger partial charge in [-0.05, 0) is 48.5 Å². The molecule has 2 aromatic carbocycles. The molecular formula is C21H21F2N5OS. The molecular weight excluding hydrogens is 408 g/mol. The minimum absolute atomic E-state index is 0.0464. The minimum Gasteiger partial charge on any atom is -0.368 e. The van der Waals surface area contributed by atoms with E-state index in [-0.39, 0.29) is 23.3 Å². The molecule has 1 amide bonds. The van der Waals surface area contributed by atoms with Gasteiger partial charge < -0.3 is 14.4 Å². The van der Waals surface area contributed by atoms with Crippen molar-refractivity contribution in [3.8, 4) is 11.4 Å². The van der Waals surface area contributed by atoms with E-state index in [9.17, 15) is 13.6 Å². The number of anilines is 1. The van der Waals surface area contributed by atoms with Crippen LogP contribution in [0.15, 0.2) is 53.7 Å². The third-order valence-electron chi connectivity index (χ3n) is 5.09. The van der Waals surface area contributed by atoms with Gasteiger partial charge in [-0.2, -0.15) is 0 Å². The van der Waals surface area contributed by atoms with Crippen molar-refractivity contribution >= 4 is 23.4 Å². The van der Waals surface area contributed by atoms with Crippen molar-refractivity contribution in [3.05, 3.63) is 60.2 Å². The Morgan fingerprint density at radius 3 is 2.17 bits per heavy atom. The molecule has 0 spiro atoms. The third kappa shape index (κ3) is 4.46. The summed E-state index contributed by atoms with van der Waals surface area (Å²) >= 11 is 1.34. The Kier molecular flexibility index (Phi) is 5.98. The summed E-state index contributed by atoms with van der Waals surface area (Å²) in [5.41, 5.74) is 1.73. The fraction of sp³-hybridized carbons (Fsp3) is 0.286. The van der Waals surface area contributed by atoms with E-state index < -0.39 is 0 Å². The van der Waals surface area contributed by atoms with Gasteiger partial charge in [-0.3, -0.25) is 4.79 Å². The highest BCUT2D eigenvalue weighted by Crippen LogP contribution is 2.23. The van der Waals surface area contributed by atoms with Gasteiger partial charge in [0.15, 0.2) is 11.0 Å². The lowest BCUT2D eigenvalue weighted by Gasteiger charge is -2.36. The molecule has 0 radical (unpaired) electrons. The predicted molar refractivity (Wildman–Crippen MR) is 112 cm³/mol. The van der Waals surface area contributed by atoms with Gasteiger partial charge in [0.1, 0.15) is 11.6 Å². The average molecular weight is 429 g/mol. The van der Waals surface area contributed by atoms with Crippen LogP contribution in [0.3, 0.4) is 0 Å². The van der Waals surface area contributed by atoms with Crippen molar-refractivity contribution in [1.29, 1.82) is 0 Å². The third-order valence-corrected chi connectivity index (χ3v) is 6.09. The molecule has 0 unspecified atom stereocenters. The van der Waals surface area contributed by atoms with Gasteiger partial charge in [0.25, 0.3) is 0 Å². The van der Waals surface area contributed by atoms with Crippen LogP contribution >= 0.6 is 11.8 Å². The van der Waals surface area contributed by atoms with Gasteiger partial charge in [0, 0.05) is 44.5 Å². The lowest BCUT2D eigenvalue weighted by Crippen LogP contribution is -2.49. The quantitative estimate of drug-likeness (QED) is 0.583. The fourth-order valence-corrected chi connectivity index (χ4v) is 4.19. The molecule has 0 N–H and O–H groups in total. The van der Waals surface area contributed by atoms with Crippen molar-refractivity contribution in [2.45, 2.75) is 5.16 Å². The first-order valence-corrected chi connectivity index (χ1v) is 10.6. The number of benzene rings is 2. The molecule has 1 aliphatic rings. The number of aromatic nitrogens is 3. The van der Waals surface area contributed by atoms with Crippen LogP contribution in [0.1, 0.15) is 0 Å². The normalized spacial score (nSPS) is 14.2. The average Bonchev–Trinajstić information content (AvgIpc) is 3.13. The number of hydrogen-bond donors (Lipinski definition) is 0. The minimum atomic E-state index is -0.305. The molecule has 1 aromatic heterocycles. The Labute approximate surface area is 177 Å². The van der Waals surface area contributed by atoms with Gasteiger partial charge in [0.05, 0.1) is 5.75 Å². The molecule has 0 aliphatic carbocycles. The van der Waals surface area contributed by atoms with Crippen molar-refractivity contribution in [2.75, 3.05) is 36.8 Å². The van der Waals surface area contributed by atoms with Crippen molar-refractivity contribution in [1.82, 2.24) is 19.7 Å². The summed E-state index contributed by atoms with van der Waals surface area (Å²) in [6, 6.07) is 12.5. The second-order valence-corrected chi connectivity index (χ2v) is 7.95. The van der Waals surface area contributed by atoms with Crippen molar-refractivity contribution < 1.29 is 13.6 Å². The predicted octanol–water partition coefficient (Wildman–Crippen LogP) is 3.20. The monoisotopic (exact) mass is 429 g/mol. The lowest BCUT2D eigenvalue weighted by atomic mass is 10.2. The maximum atomic E-state index is 13.1. The Bertz CT molecular complexity index is 1010. The van der Waals surface area contributed by atoms with Crippen LogP contribution in [-0.2, 0) is 11.8 Å². The highest BCUT2D eigenvalue weighted by atomic mass is 32.2. The van der Waals surface area contributed by atoms with Gasteiger partial charge in [-0.1, -0.05) is 11.8 Å². The standard InChI is InChI=1S/C21H21F2N5OS/c1-26-20(15-2-4-16(22)5-3-15)24-25-21(26)30-14-19(29)28-12-10-27(11-13-28)18-8-6-17(23)7-9-18/h2-9H,10-14H2,1H3. The Morgan fingerprint density at radius 2 is 1.53 bits per heavy atom. The van der Waals surface area contributed by atoms with E-state index in [1.54, 1.807) is 28.8 Å². The highest BCUT2D eigenvalue weighted by Gasteiger charge is 2.22. The summed E-state index contributed by atoms with van der Waals surface area (Å²) in [7, 11) is 1.83. The summed E-state index contributed by atoms with van der Waals surface area (Å²) < 4.78 is 28.0. The molecule has 0 saturated carbocycles. The molecule has 4 rings (SSSR count). The van der Waals surface area contributed by atoms with Crippen molar-refractivity contribution in [3.63, 3.8) is 0 Å². The van der Waals surface area contributed by atoms with Crippen LogP contribution in [0.2, 0.25) is 0 Å². The van der Waals surface area contributed by atoms with E-state index in [0.717, 1.165) is 11.3 Å². The summed E-state index contributed by atoms with van der Waals surface area (Å²) in [4.78, 5) is 16.6. The van der Waals surface area contributed by atoms with Crippen LogP contribution in [0.25, 0.3) is 11.4 Å². The molecule has 0 atom stereocenters. The first-order chi connectivity index (χ1) is 14.5. The second kappa shape index (κ2) is 8.83. The Hall–Kier alpha value is -2.94. The first-order valence-electron chi connectivity index (χ1n) is 9.57. The number of rotatable bonds is 5. The number of hydrogen-bond acceptors (Lipinski definition) is 5. The highest BCUT2D eigenvalue weighted by molar-refractivity contribution is 7.99. The van der Waals surface area contributed by atoms with Crippen LogP contribution in [0.5, 0.6) is 0 Å². The van der Waals surface area contributed by atoms with Gasteiger partial charge in [-0.15, -0.1) is 10.2 Å². The van der Waals surface area contributed by atoms with E-state index >= 15 is 0 Å². The fourth-order valence-electron chi connectivity index (χ4n) is 3.37. The number of nitrogens with zero attached hydrogens (tertiary/aromatic N) is 5. The zero-order valence-corrected chi connectivity index (χ0v) is 17.3. The van der Waals surface area contributed by atoms with E-state index in [1.165, 1.54) is 36.0 Å². The smallest absolute Gasteiger partial charge is 0.233 e. The molecule has 3 aromatic rings. The number of carbonyl (C=O) groups is 1. The van der Waals surface area contributed by atoms with Gasteiger partial charge in [-0.25, -0.2) is 8.78 Å². The zero-order valence-electron chi connectivity index (χ0n) is 16.5. The molecule has 0 bridgehead atoms. The molecule has 1 aliphatic heterocycles. The molecule has 2 heterocycles. The first kappa shape index (κ1) is 20.3. The SMILES string of the molecule is Cn1c(SCC(=O)N2CCN(c3ccc(F)cc3)CC2)nnc1-c1ccc(F)cc1. The van der Waals surface area contributed by atoms with Gasteiger partial charge in [0.2, 0.25) is 5.91 Å². The Balaban J connectivity index is 1.31. The van der Waals surface area contributed by atoms with E-state index in [2.05, 4.69) is 15.1 Å². The number of amides is 1. The maximum absolute atomic E-state index is 13.1. The zero-order chi connectivity index (χ0) is 21.1.